The van der Waals surface area contributed by atoms with Crippen LogP contribution in [0.3, 0.4) is 0 Å². The van der Waals surface area contributed by atoms with Gasteiger partial charge in [0.1, 0.15) is 12.4 Å². The minimum atomic E-state index is -0.237. The molecule has 114 valence electrons. The van der Waals surface area contributed by atoms with Crippen LogP contribution in [0, 0.1) is 19.7 Å². The molecule has 0 aliphatic carbocycles. The van der Waals surface area contributed by atoms with Gasteiger partial charge in [0.15, 0.2) is 5.75 Å². The van der Waals surface area contributed by atoms with E-state index in [4.69, 9.17) is 4.74 Å². The summed E-state index contributed by atoms with van der Waals surface area (Å²) in [6, 6.07) is 6.36. The Hall–Kier alpha value is -2.36. The molecule has 0 spiro atoms. The van der Waals surface area contributed by atoms with Gasteiger partial charge in [0.25, 0.3) is 0 Å². The Bertz CT molecular complexity index is 806. The van der Waals surface area contributed by atoms with E-state index in [1.165, 1.54) is 23.4 Å². The first-order chi connectivity index (χ1) is 10.6. The van der Waals surface area contributed by atoms with Crippen molar-refractivity contribution in [1.82, 2.24) is 9.55 Å². The molecule has 0 aliphatic rings. The van der Waals surface area contributed by atoms with Crippen molar-refractivity contribution in [3.63, 3.8) is 0 Å². The van der Waals surface area contributed by atoms with Gasteiger partial charge in [0.05, 0.1) is 11.7 Å². The van der Waals surface area contributed by atoms with Crippen molar-refractivity contribution in [3.05, 3.63) is 59.3 Å². The number of rotatable bonds is 4. The second-order valence-corrected chi connectivity index (χ2v) is 5.40. The normalized spacial score (nSPS) is 11.1. The second kappa shape index (κ2) is 5.79. The fourth-order valence-electron chi connectivity index (χ4n) is 2.80. The summed E-state index contributed by atoms with van der Waals surface area (Å²) < 4.78 is 21.1. The summed E-state index contributed by atoms with van der Waals surface area (Å²) in [6.07, 6.45) is 3.63. The van der Waals surface area contributed by atoms with Crippen molar-refractivity contribution in [1.29, 1.82) is 0 Å². The Labute approximate surface area is 129 Å². The van der Waals surface area contributed by atoms with Crippen molar-refractivity contribution < 1.29 is 9.13 Å². The maximum Gasteiger partial charge on any atom is 0.162 e. The van der Waals surface area contributed by atoms with Gasteiger partial charge >= 0.3 is 0 Å². The number of aryl methyl sites for hydroxylation is 2. The molecule has 0 N–H and O–H groups in total. The zero-order chi connectivity index (χ0) is 15.7. The SMILES string of the molecule is CCn1c(C)c(C)c2cncc(OCc3ccc(F)cc3)c21. The molecule has 3 rings (SSSR count). The molecule has 4 heteroatoms. The topological polar surface area (TPSA) is 27.1 Å². The maximum atomic E-state index is 12.9. The van der Waals surface area contributed by atoms with Crippen molar-refractivity contribution >= 4 is 10.9 Å². The Morgan fingerprint density at radius 1 is 1.14 bits per heavy atom. The molecule has 0 bridgehead atoms. The predicted molar refractivity (Wildman–Crippen MR) is 85.6 cm³/mol. The maximum absolute atomic E-state index is 12.9. The predicted octanol–water partition coefficient (Wildman–Crippen LogP) is 4.39. The highest BCUT2D eigenvalue weighted by molar-refractivity contribution is 5.89. The summed E-state index contributed by atoms with van der Waals surface area (Å²) in [5.41, 5.74) is 4.48. The largest absolute Gasteiger partial charge is 0.485 e. The van der Waals surface area contributed by atoms with Crippen molar-refractivity contribution in [2.75, 3.05) is 0 Å². The van der Waals surface area contributed by atoms with E-state index in [0.717, 1.165) is 28.8 Å². The van der Waals surface area contributed by atoms with E-state index >= 15 is 0 Å². The van der Waals surface area contributed by atoms with E-state index in [9.17, 15) is 4.39 Å². The number of pyridine rings is 1. The Balaban J connectivity index is 1.97. The van der Waals surface area contributed by atoms with E-state index in [2.05, 4.69) is 30.3 Å². The van der Waals surface area contributed by atoms with Gasteiger partial charge < -0.3 is 9.30 Å². The molecule has 2 heterocycles. The van der Waals surface area contributed by atoms with Crippen LogP contribution in [0.4, 0.5) is 4.39 Å². The molecule has 3 nitrogen and oxygen atoms in total. The highest BCUT2D eigenvalue weighted by Gasteiger charge is 2.14. The highest BCUT2D eigenvalue weighted by Crippen LogP contribution is 2.31. The van der Waals surface area contributed by atoms with Gasteiger partial charge in [-0.05, 0) is 44.0 Å². The van der Waals surface area contributed by atoms with Crippen molar-refractivity contribution in [2.24, 2.45) is 0 Å². The van der Waals surface area contributed by atoms with Crippen LogP contribution >= 0.6 is 0 Å². The Kier molecular flexibility index (Phi) is 3.84. The van der Waals surface area contributed by atoms with Gasteiger partial charge in [-0.2, -0.15) is 0 Å². The van der Waals surface area contributed by atoms with Crippen LogP contribution in [-0.4, -0.2) is 9.55 Å². The number of halogens is 1. The lowest BCUT2D eigenvalue weighted by molar-refractivity contribution is 0.307. The fraction of sp³-hybridized carbons (Fsp3) is 0.278. The van der Waals surface area contributed by atoms with Gasteiger partial charge in [0, 0.05) is 23.8 Å². The van der Waals surface area contributed by atoms with E-state index in [1.54, 1.807) is 18.3 Å². The van der Waals surface area contributed by atoms with Gasteiger partial charge in [-0.25, -0.2) is 4.39 Å². The summed E-state index contributed by atoms with van der Waals surface area (Å²) in [5, 5.41) is 1.12. The number of fused-ring (bicyclic) bond motifs is 1. The zero-order valence-corrected chi connectivity index (χ0v) is 13.1. The number of aromatic nitrogens is 2. The molecule has 0 radical (unpaired) electrons. The van der Waals surface area contributed by atoms with Gasteiger partial charge in [-0.1, -0.05) is 12.1 Å². The van der Waals surface area contributed by atoms with Crippen LogP contribution in [0.2, 0.25) is 0 Å². The smallest absolute Gasteiger partial charge is 0.162 e. The Morgan fingerprint density at radius 2 is 1.86 bits per heavy atom. The van der Waals surface area contributed by atoms with E-state index in [-0.39, 0.29) is 5.82 Å². The molecule has 0 saturated carbocycles. The third-order valence-corrected chi connectivity index (χ3v) is 4.13. The molecule has 0 saturated heterocycles. The molecule has 0 unspecified atom stereocenters. The van der Waals surface area contributed by atoms with Gasteiger partial charge in [-0.3, -0.25) is 4.98 Å². The molecule has 3 aromatic rings. The average molecular weight is 298 g/mol. The van der Waals surface area contributed by atoms with Gasteiger partial charge in [-0.15, -0.1) is 0 Å². The van der Waals surface area contributed by atoms with Crippen LogP contribution in [-0.2, 0) is 13.2 Å². The lowest BCUT2D eigenvalue weighted by atomic mass is 10.2. The molecule has 0 aliphatic heterocycles. The quantitative estimate of drug-likeness (QED) is 0.714. The molecular weight excluding hydrogens is 279 g/mol. The monoisotopic (exact) mass is 298 g/mol. The van der Waals surface area contributed by atoms with Crippen LogP contribution in [0.5, 0.6) is 5.75 Å². The molecule has 0 amide bonds. The molecule has 1 aromatic carbocycles. The second-order valence-electron chi connectivity index (χ2n) is 5.40. The van der Waals surface area contributed by atoms with Gasteiger partial charge in [0.2, 0.25) is 0 Å². The number of benzene rings is 1. The van der Waals surface area contributed by atoms with Crippen molar-refractivity contribution in [3.8, 4) is 5.75 Å². The zero-order valence-electron chi connectivity index (χ0n) is 13.1. The molecule has 2 aromatic heterocycles. The highest BCUT2D eigenvalue weighted by atomic mass is 19.1. The number of ether oxygens (including phenoxy) is 1. The standard InChI is InChI=1S/C18H19FN2O/c1-4-21-13(3)12(2)16-9-20-10-17(18(16)21)22-11-14-5-7-15(19)8-6-14/h5-10H,4,11H2,1-3H3. The molecule has 0 atom stereocenters. The molecule has 0 fully saturated rings. The first-order valence-electron chi connectivity index (χ1n) is 7.42. The summed E-state index contributed by atoms with van der Waals surface area (Å²) in [4.78, 5) is 4.29. The third kappa shape index (κ3) is 2.45. The van der Waals surface area contributed by atoms with Crippen molar-refractivity contribution in [2.45, 2.75) is 33.9 Å². The lowest BCUT2D eigenvalue weighted by Crippen LogP contribution is -2.01. The van der Waals surface area contributed by atoms with E-state index in [1.807, 2.05) is 6.20 Å². The number of hydrogen-bond donors (Lipinski definition) is 0. The van der Waals surface area contributed by atoms with E-state index in [0.29, 0.717) is 6.61 Å². The van der Waals surface area contributed by atoms with Crippen LogP contribution in [0.15, 0.2) is 36.7 Å². The average Bonchev–Trinajstić information content (AvgIpc) is 2.79. The molecular formula is C18H19FN2O. The van der Waals surface area contributed by atoms with Crippen LogP contribution < -0.4 is 4.74 Å². The van der Waals surface area contributed by atoms with Crippen LogP contribution in [0.1, 0.15) is 23.7 Å². The van der Waals surface area contributed by atoms with Crippen LogP contribution in [0.25, 0.3) is 10.9 Å². The summed E-state index contributed by atoms with van der Waals surface area (Å²) in [7, 11) is 0. The summed E-state index contributed by atoms with van der Waals surface area (Å²) >= 11 is 0. The number of nitrogens with zero attached hydrogens (tertiary/aromatic N) is 2. The minimum absolute atomic E-state index is 0.237. The first kappa shape index (κ1) is 14.6. The third-order valence-electron chi connectivity index (χ3n) is 4.13. The summed E-state index contributed by atoms with van der Waals surface area (Å²) in [6.45, 7) is 7.62. The number of hydrogen-bond acceptors (Lipinski definition) is 2. The summed E-state index contributed by atoms with van der Waals surface area (Å²) in [5.74, 6) is 0.526. The fourth-order valence-corrected chi connectivity index (χ4v) is 2.80. The molecule has 22 heavy (non-hydrogen) atoms. The first-order valence-corrected chi connectivity index (χ1v) is 7.42. The minimum Gasteiger partial charge on any atom is -0.485 e. The van der Waals surface area contributed by atoms with E-state index < -0.39 is 0 Å². The Morgan fingerprint density at radius 3 is 2.55 bits per heavy atom. The lowest BCUT2D eigenvalue weighted by Gasteiger charge is -2.11.